The van der Waals surface area contributed by atoms with Gasteiger partial charge >= 0.3 is 0 Å². The molecule has 2 N–H and O–H groups in total. The first-order chi connectivity index (χ1) is 8.70. The second kappa shape index (κ2) is 5.65. The average Bonchev–Trinajstić information content (AvgIpc) is 2.39. The summed E-state index contributed by atoms with van der Waals surface area (Å²) in [5.74, 6) is -0.365. The van der Waals surface area contributed by atoms with Gasteiger partial charge in [-0.1, -0.05) is 30.3 Å². The fourth-order valence-corrected chi connectivity index (χ4v) is 2.00. The third-order valence-electron chi connectivity index (χ3n) is 2.98. The molecule has 18 heavy (non-hydrogen) atoms. The van der Waals surface area contributed by atoms with E-state index < -0.39 is 0 Å². The van der Waals surface area contributed by atoms with Crippen molar-refractivity contribution in [3.8, 4) is 5.75 Å². The van der Waals surface area contributed by atoms with Crippen molar-refractivity contribution in [1.82, 2.24) is 0 Å². The molecule has 0 saturated heterocycles. The van der Waals surface area contributed by atoms with Gasteiger partial charge in [0, 0.05) is 5.92 Å². The van der Waals surface area contributed by atoms with Crippen molar-refractivity contribution in [3.05, 3.63) is 65.5 Å². The van der Waals surface area contributed by atoms with Gasteiger partial charge < -0.3 is 10.2 Å². The van der Waals surface area contributed by atoms with Gasteiger partial charge in [0.1, 0.15) is 11.6 Å². The lowest BCUT2D eigenvalue weighted by Gasteiger charge is -2.15. The summed E-state index contributed by atoms with van der Waals surface area (Å²) in [6.45, 7) is -0.109. The lowest BCUT2D eigenvalue weighted by molar-refractivity contribution is 0.261. The maximum Gasteiger partial charge on any atom is 0.126 e. The minimum absolute atomic E-state index is 0.109. The van der Waals surface area contributed by atoms with Gasteiger partial charge in [-0.05, 0) is 35.7 Å². The van der Waals surface area contributed by atoms with E-state index in [4.69, 9.17) is 0 Å². The SMILES string of the molecule is OCC(Cc1ccc(O)cc1)c1ccccc1F. The molecule has 2 aromatic carbocycles. The summed E-state index contributed by atoms with van der Waals surface area (Å²) in [7, 11) is 0. The number of phenols is 1. The van der Waals surface area contributed by atoms with Crippen LogP contribution in [0.1, 0.15) is 17.0 Å². The Morgan fingerprint density at radius 2 is 1.67 bits per heavy atom. The first kappa shape index (κ1) is 12.6. The number of aromatic hydroxyl groups is 1. The van der Waals surface area contributed by atoms with E-state index in [-0.39, 0.29) is 24.1 Å². The number of rotatable bonds is 4. The third-order valence-corrected chi connectivity index (χ3v) is 2.98. The zero-order valence-corrected chi connectivity index (χ0v) is 9.88. The van der Waals surface area contributed by atoms with Crippen LogP contribution in [0, 0.1) is 5.82 Å². The van der Waals surface area contributed by atoms with Crippen LogP contribution in [0.15, 0.2) is 48.5 Å². The van der Waals surface area contributed by atoms with E-state index in [1.807, 2.05) is 0 Å². The Balaban J connectivity index is 2.20. The quantitative estimate of drug-likeness (QED) is 0.870. The molecule has 1 unspecified atom stereocenters. The standard InChI is InChI=1S/C15H15FO2/c16-15-4-2-1-3-14(15)12(10-17)9-11-5-7-13(18)8-6-11/h1-8,12,17-18H,9-10H2. The molecule has 2 aromatic rings. The molecule has 0 radical (unpaired) electrons. The molecule has 0 heterocycles. The zero-order chi connectivity index (χ0) is 13.0. The van der Waals surface area contributed by atoms with Crippen LogP contribution in [0.4, 0.5) is 4.39 Å². The second-order valence-electron chi connectivity index (χ2n) is 4.27. The Hall–Kier alpha value is -1.87. The van der Waals surface area contributed by atoms with Crippen molar-refractivity contribution in [2.24, 2.45) is 0 Å². The first-order valence-electron chi connectivity index (χ1n) is 5.84. The molecule has 1 atom stereocenters. The lowest BCUT2D eigenvalue weighted by Crippen LogP contribution is -2.09. The molecule has 0 aliphatic heterocycles. The van der Waals surface area contributed by atoms with Crippen LogP contribution < -0.4 is 0 Å². The fourth-order valence-electron chi connectivity index (χ4n) is 2.00. The molecule has 94 valence electrons. The van der Waals surface area contributed by atoms with Crippen LogP contribution >= 0.6 is 0 Å². The molecule has 2 rings (SSSR count). The van der Waals surface area contributed by atoms with Crippen LogP contribution in [-0.4, -0.2) is 16.8 Å². The van der Waals surface area contributed by atoms with Gasteiger partial charge in [0.2, 0.25) is 0 Å². The molecule has 0 amide bonds. The smallest absolute Gasteiger partial charge is 0.126 e. The highest BCUT2D eigenvalue weighted by molar-refractivity contribution is 5.29. The van der Waals surface area contributed by atoms with Crippen molar-refractivity contribution in [2.45, 2.75) is 12.3 Å². The predicted octanol–water partition coefficient (Wildman–Crippen LogP) is 2.85. The van der Waals surface area contributed by atoms with Crippen molar-refractivity contribution in [1.29, 1.82) is 0 Å². The monoisotopic (exact) mass is 246 g/mol. The second-order valence-corrected chi connectivity index (χ2v) is 4.27. The molecule has 0 fully saturated rings. The van der Waals surface area contributed by atoms with Crippen LogP contribution in [0.2, 0.25) is 0 Å². The highest BCUT2D eigenvalue weighted by Gasteiger charge is 2.15. The van der Waals surface area contributed by atoms with Crippen LogP contribution in [0.5, 0.6) is 5.75 Å². The van der Waals surface area contributed by atoms with Crippen molar-refractivity contribution < 1.29 is 14.6 Å². The maximum absolute atomic E-state index is 13.6. The van der Waals surface area contributed by atoms with E-state index in [0.717, 1.165) is 5.56 Å². The Kier molecular flexibility index (Phi) is 3.95. The van der Waals surface area contributed by atoms with Gasteiger partial charge in [0.15, 0.2) is 0 Å². The zero-order valence-electron chi connectivity index (χ0n) is 9.88. The van der Waals surface area contributed by atoms with Gasteiger partial charge in [0.05, 0.1) is 6.61 Å². The Morgan fingerprint density at radius 3 is 2.28 bits per heavy atom. The normalized spacial score (nSPS) is 12.3. The van der Waals surface area contributed by atoms with Gasteiger partial charge in [-0.3, -0.25) is 0 Å². The maximum atomic E-state index is 13.6. The summed E-state index contributed by atoms with van der Waals surface area (Å²) in [4.78, 5) is 0. The molecular weight excluding hydrogens is 231 g/mol. The Morgan fingerprint density at radius 1 is 1.00 bits per heavy atom. The van der Waals surface area contributed by atoms with Gasteiger partial charge in [-0.2, -0.15) is 0 Å². The first-order valence-corrected chi connectivity index (χ1v) is 5.84. The van der Waals surface area contributed by atoms with E-state index in [9.17, 15) is 14.6 Å². The summed E-state index contributed by atoms with van der Waals surface area (Å²) >= 11 is 0. The molecule has 0 saturated carbocycles. The third kappa shape index (κ3) is 2.87. The molecule has 0 aromatic heterocycles. The predicted molar refractivity (Wildman–Crippen MR) is 68.0 cm³/mol. The summed E-state index contributed by atoms with van der Waals surface area (Å²) in [5.41, 5.74) is 1.48. The molecule has 0 bridgehead atoms. The van der Waals surface area contributed by atoms with E-state index in [0.29, 0.717) is 12.0 Å². The van der Waals surface area contributed by atoms with Crippen LogP contribution in [0.3, 0.4) is 0 Å². The summed E-state index contributed by atoms with van der Waals surface area (Å²) in [6.07, 6.45) is 0.539. The number of hydrogen-bond acceptors (Lipinski definition) is 2. The fraction of sp³-hybridized carbons (Fsp3) is 0.200. The number of phenolic OH excluding ortho intramolecular Hbond substituents is 1. The molecule has 0 aliphatic carbocycles. The van der Waals surface area contributed by atoms with Crippen molar-refractivity contribution >= 4 is 0 Å². The van der Waals surface area contributed by atoms with Gasteiger partial charge in [0.25, 0.3) is 0 Å². The minimum Gasteiger partial charge on any atom is -0.508 e. The molecule has 3 heteroatoms. The highest BCUT2D eigenvalue weighted by atomic mass is 19.1. The minimum atomic E-state index is -0.296. The average molecular weight is 246 g/mol. The molecule has 2 nitrogen and oxygen atoms in total. The van der Waals surface area contributed by atoms with Crippen molar-refractivity contribution in [3.63, 3.8) is 0 Å². The topological polar surface area (TPSA) is 40.5 Å². The van der Waals surface area contributed by atoms with E-state index in [2.05, 4.69) is 0 Å². The lowest BCUT2D eigenvalue weighted by atomic mass is 9.92. The summed E-state index contributed by atoms with van der Waals surface area (Å²) < 4.78 is 13.6. The molecule has 0 aliphatic rings. The highest BCUT2D eigenvalue weighted by Crippen LogP contribution is 2.23. The number of benzene rings is 2. The number of aliphatic hydroxyl groups excluding tert-OH is 1. The van der Waals surface area contributed by atoms with E-state index >= 15 is 0 Å². The van der Waals surface area contributed by atoms with E-state index in [1.54, 1.807) is 42.5 Å². The van der Waals surface area contributed by atoms with Crippen molar-refractivity contribution in [2.75, 3.05) is 6.61 Å². The summed E-state index contributed by atoms with van der Waals surface area (Å²) in [6, 6.07) is 13.2. The number of halogens is 1. The van der Waals surface area contributed by atoms with Crippen LogP contribution in [-0.2, 0) is 6.42 Å². The number of aliphatic hydroxyl groups is 1. The summed E-state index contributed by atoms with van der Waals surface area (Å²) in [5, 5.41) is 18.6. The van der Waals surface area contributed by atoms with Crippen LogP contribution in [0.25, 0.3) is 0 Å². The van der Waals surface area contributed by atoms with Gasteiger partial charge in [-0.15, -0.1) is 0 Å². The largest absolute Gasteiger partial charge is 0.508 e. The van der Waals surface area contributed by atoms with Gasteiger partial charge in [-0.25, -0.2) is 4.39 Å². The number of hydrogen-bond donors (Lipinski definition) is 2. The Bertz CT molecular complexity index is 508. The molecule has 0 spiro atoms. The van der Waals surface area contributed by atoms with E-state index in [1.165, 1.54) is 6.07 Å². The Labute approximate surface area is 105 Å². The molecular formula is C15H15FO2.